The summed E-state index contributed by atoms with van der Waals surface area (Å²) in [6.45, 7) is 1.65. The molecule has 0 aliphatic heterocycles. The van der Waals surface area contributed by atoms with Gasteiger partial charge < -0.3 is 0 Å². The maximum atomic E-state index is 11.5. The molecule has 0 saturated carbocycles. The first-order chi connectivity index (χ1) is 7.10. The zero-order chi connectivity index (χ0) is 11.3. The number of sulfone groups is 1. The molecule has 0 bridgehead atoms. The fourth-order valence-electron chi connectivity index (χ4n) is 1.30. The average Bonchev–Trinajstić information content (AvgIpc) is 2.27. The normalized spacial score (nSPS) is 11.6. The summed E-state index contributed by atoms with van der Waals surface area (Å²) < 4.78 is 23.0. The van der Waals surface area contributed by atoms with Crippen LogP contribution in [0.25, 0.3) is 0 Å². The first kappa shape index (κ1) is 12.5. The minimum absolute atomic E-state index is 0.147. The number of benzene rings is 1. The molecule has 0 unspecified atom stereocenters. The molecule has 0 radical (unpaired) electrons. The van der Waals surface area contributed by atoms with Crippen molar-refractivity contribution < 1.29 is 8.42 Å². The van der Waals surface area contributed by atoms with Gasteiger partial charge in [0.15, 0.2) is 9.84 Å². The molecule has 1 rings (SSSR count). The van der Waals surface area contributed by atoms with Gasteiger partial charge in [-0.05, 0) is 30.5 Å². The van der Waals surface area contributed by atoms with Gasteiger partial charge in [0.25, 0.3) is 0 Å². The van der Waals surface area contributed by atoms with E-state index in [2.05, 4.69) is 0 Å². The standard InChI is InChI=1S/C11H15ClO2S/c1-2-15(13,14)11-7-5-10(6-8-11)4-3-9-12/h5-8H,2-4,9H2,1H3. The van der Waals surface area contributed by atoms with Crippen LogP contribution in [0.5, 0.6) is 0 Å². The Kier molecular flexibility index (Phi) is 4.61. The van der Waals surface area contributed by atoms with Crippen LogP contribution in [0.3, 0.4) is 0 Å². The number of halogens is 1. The van der Waals surface area contributed by atoms with Crippen molar-refractivity contribution in [3.8, 4) is 0 Å². The summed E-state index contributed by atoms with van der Waals surface area (Å²) in [5, 5.41) is 0. The van der Waals surface area contributed by atoms with Gasteiger partial charge in [0.05, 0.1) is 10.6 Å². The summed E-state index contributed by atoms with van der Waals surface area (Å²) in [7, 11) is -3.06. The second-order valence-corrected chi connectivity index (χ2v) is 6.00. The molecule has 0 atom stereocenters. The van der Waals surface area contributed by atoms with E-state index in [0.29, 0.717) is 10.8 Å². The molecule has 0 aliphatic rings. The Hall–Kier alpha value is -0.540. The second-order valence-electron chi connectivity index (χ2n) is 3.34. The van der Waals surface area contributed by atoms with Crippen molar-refractivity contribution in [2.75, 3.05) is 11.6 Å². The first-order valence-electron chi connectivity index (χ1n) is 4.98. The van der Waals surface area contributed by atoms with Crippen LogP contribution in [0, 0.1) is 0 Å². The van der Waals surface area contributed by atoms with Crippen molar-refractivity contribution >= 4 is 21.4 Å². The van der Waals surface area contributed by atoms with Gasteiger partial charge in [0, 0.05) is 5.88 Å². The van der Waals surface area contributed by atoms with E-state index >= 15 is 0 Å². The van der Waals surface area contributed by atoms with Crippen molar-refractivity contribution in [1.29, 1.82) is 0 Å². The molecule has 0 saturated heterocycles. The summed E-state index contributed by atoms with van der Waals surface area (Å²) in [5.41, 5.74) is 1.13. The fourth-order valence-corrected chi connectivity index (χ4v) is 2.32. The van der Waals surface area contributed by atoms with E-state index in [1.807, 2.05) is 12.1 Å². The molecule has 4 heteroatoms. The first-order valence-corrected chi connectivity index (χ1v) is 7.16. The summed E-state index contributed by atoms with van der Waals surface area (Å²) in [5.74, 6) is 0.781. The van der Waals surface area contributed by atoms with E-state index in [4.69, 9.17) is 11.6 Å². The predicted molar refractivity (Wildman–Crippen MR) is 63.2 cm³/mol. The Balaban J connectivity index is 2.81. The zero-order valence-electron chi connectivity index (χ0n) is 8.74. The molecule has 0 N–H and O–H groups in total. The molecule has 1 aromatic rings. The second kappa shape index (κ2) is 5.52. The maximum absolute atomic E-state index is 11.5. The van der Waals surface area contributed by atoms with E-state index in [0.717, 1.165) is 18.4 Å². The van der Waals surface area contributed by atoms with Gasteiger partial charge >= 0.3 is 0 Å². The topological polar surface area (TPSA) is 34.1 Å². The van der Waals surface area contributed by atoms with Crippen LogP contribution in [-0.4, -0.2) is 20.1 Å². The third-order valence-electron chi connectivity index (χ3n) is 2.26. The minimum atomic E-state index is -3.06. The molecule has 15 heavy (non-hydrogen) atoms. The Morgan fingerprint density at radius 2 is 1.80 bits per heavy atom. The predicted octanol–water partition coefficient (Wildman–Crippen LogP) is 2.65. The summed E-state index contributed by atoms with van der Waals surface area (Å²) in [6.07, 6.45) is 1.82. The Morgan fingerprint density at radius 1 is 1.20 bits per heavy atom. The Morgan fingerprint density at radius 3 is 2.27 bits per heavy atom. The van der Waals surface area contributed by atoms with Crippen molar-refractivity contribution in [1.82, 2.24) is 0 Å². The molecule has 0 amide bonds. The van der Waals surface area contributed by atoms with Gasteiger partial charge in [-0.25, -0.2) is 8.42 Å². The Bertz CT molecular complexity index is 395. The van der Waals surface area contributed by atoms with Crippen LogP contribution in [0.2, 0.25) is 0 Å². The van der Waals surface area contributed by atoms with Crippen LogP contribution < -0.4 is 0 Å². The number of hydrogen-bond acceptors (Lipinski definition) is 2. The lowest BCUT2D eigenvalue weighted by atomic mass is 10.1. The van der Waals surface area contributed by atoms with Crippen molar-refractivity contribution in [2.45, 2.75) is 24.7 Å². The highest BCUT2D eigenvalue weighted by molar-refractivity contribution is 7.91. The third kappa shape index (κ3) is 3.50. The van der Waals surface area contributed by atoms with Crippen molar-refractivity contribution in [3.05, 3.63) is 29.8 Å². The van der Waals surface area contributed by atoms with Gasteiger partial charge in [0.2, 0.25) is 0 Å². The van der Waals surface area contributed by atoms with Crippen LogP contribution in [0.4, 0.5) is 0 Å². The third-order valence-corrected chi connectivity index (χ3v) is 4.28. The molecule has 1 aromatic carbocycles. The van der Waals surface area contributed by atoms with Crippen LogP contribution in [0.1, 0.15) is 18.9 Å². The van der Waals surface area contributed by atoms with Gasteiger partial charge in [-0.1, -0.05) is 19.1 Å². The lowest BCUT2D eigenvalue weighted by Gasteiger charge is -2.03. The monoisotopic (exact) mass is 246 g/mol. The number of hydrogen-bond donors (Lipinski definition) is 0. The Labute approximate surface area is 96.2 Å². The van der Waals surface area contributed by atoms with E-state index in [1.165, 1.54) is 0 Å². The van der Waals surface area contributed by atoms with Gasteiger partial charge in [-0.3, -0.25) is 0 Å². The molecule has 2 nitrogen and oxygen atoms in total. The highest BCUT2D eigenvalue weighted by Crippen LogP contribution is 2.13. The molecular weight excluding hydrogens is 232 g/mol. The summed E-state index contributed by atoms with van der Waals surface area (Å²) >= 11 is 5.58. The largest absolute Gasteiger partial charge is 0.224 e. The molecule has 0 heterocycles. The van der Waals surface area contributed by atoms with Crippen LogP contribution in [-0.2, 0) is 16.3 Å². The zero-order valence-corrected chi connectivity index (χ0v) is 10.3. The molecule has 0 aromatic heterocycles. The van der Waals surface area contributed by atoms with Crippen molar-refractivity contribution in [3.63, 3.8) is 0 Å². The van der Waals surface area contributed by atoms with Gasteiger partial charge in [0.1, 0.15) is 0 Å². The van der Waals surface area contributed by atoms with E-state index < -0.39 is 9.84 Å². The molecule has 84 valence electrons. The quantitative estimate of drug-likeness (QED) is 0.749. The smallest absolute Gasteiger partial charge is 0.178 e. The van der Waals surface area contributed by atoms with E-state index in [-0.39, 0.29) is 5.75 Å². The van der Waals surface area contributed by atoms with Crippen LogP contribution in [0.15, 0.2) is 29.2 Å². The fraction of sp³-hybridized carbons (Fsp3) is 0.455. The number of rotatable bonds is 5. The summed E-state index contributed by atoms with van der Waals surface area (Å²) in [4.78, 5) is 0.402. The highest BCUT2D eigenvalue weighted by Gasteiger charge is 2.10. The minimum Gasteiger partial charge on any atom is -0.224 e. The van der Waals surface area contributed by atoms with E-state index in [9.17, 15) is 8.42 Å². The SMILES string of the molecule is CCS(=O)(=O)c1ccc(CCCCl)cc1. The highest BCUT2D eigenvalue weighted by atomic mass is 35.5. The van der Waals surface area contributed by atoms with Crippen LogP contribution >= 0.6 is 11.6 Å². The van der Waals surface area contributed by atoms with Crippen molar-refractivity contribution in [2.24, 2.45) is 0 Å². The number of aryl methyl sites for hydroxylation is 1. The maximum Gasteiger partial charge on any atom is 0.178 e. The molecule has 0 fully saturated rings. The lowest BCUT2D eigenvalue weighted by molar-refractivity contribution is 0.597. The van der Waals surface area contributed by atoms with Gasteiger partial charge in [-0.2, -0.15) is 0 Å². The van der Waals surface area contributed by atoms with Gasteiger partial charge in [-0.15, -0.1) is 11.6 Å². The van der Waals surface area contributed by atoms with E-state index in [1.54, 1.807) is 19.1 Å². The average molecular weight is 247 g/mol. The molecule has 0 aliphatic carbocycles. The molecular formula is C11H15ClO2S. The molecule has 0 spiro atoms. The summed E-state index contributed by atoms with van der Waals surface area (Å²) in [6, 6.07) is 7.05. The number of alkyl halides is 1. The lowest BCUT2D eigenvalue weighted by Crippen LogP contribution is -2.03.